The Bertz CT molecular complexity index is 953. The summed E-state index contributed by atoms with van der Waals surface area (Å²) in [4.78, 5) is 8.44. The third kappa shape index (κ3) is 4.45. The number of nitrogens with one attached hydrogen (secondary N) is 2. The lowest BCUT2D eigenvalue weighted by molar-refractivity contribution is 0.396. The first-order valence-corrected chi connectivity index (χ1v) is 9.29. The van der Waals surface area contributed by atoms with Gasteiger partial charge in [-0.2, -0.15) is 0 Å². The average Bonchev–Trinajstić information content (AvgIpc) is 2.67. The molecule has 0 fully saturated rings. The largest absolute Gasteiger partial charge is 0.495 e. The van der Waals surface area contributed by atoms with Crippen LogP contribution in [0.1, 0.15) is 0 Å². The molecule has 0 saturated heterocycles. The van der Waals surface area contributed by atoms with Gasteiger partial charge in [-0.3, -0.25) is 0 Å². The van der Waals surface area contributed by atoms with Gasteiger partial charge in [0.1, 0.15) is 23.5 Å². The van der Waals surface area contributed by atoms with Crippen molar-refractivity contribution in [1.82, 2.24) is 9.97 Å². The highest BCUT2D eigenvalue weighted by atomic mass is 127. The first-order valence-electron chi connectivity index (χ1n) is 7.83. The van der Waals surface area contributed by atoms with Gasteiger partial charge < -0.3 is 25.8 Å². The number of methoxy groups -OCH3 is 2. The molecule has 0 radical (unpaired) electrons. The fourth-order valence-corrected chi connectivity index (χ4v) is 2.95. The maximum absolute atomic E-state index is 6.24. The van der Waals surface area contributed by atoms with Gasteiger partial charge in [-0.25, -0.2) is 9.97 Å². The molecule has 0 atom stereocenters. The molecule has 0 spiro atoms. The minimum Gasteiger partial charge on any atom is -0.495 e. The van der Waals surface area contributed by atoms with Crippen LogP contribution in [-0.4, -0.2) is 24.2 Å². The van der Waals surface area contributed by atoms with E-state index in [4.69, 9.17) is 26.8 Å². The van der Waals surface area contributed by atoms with Crippen molar-refractivity contribution in [1.29, 1.82) is 0 Å². The monoisotopic (exact) mass is 497 g/mol. The fourth-order valence-electron chi connectivity index (χ4n) is 2.35. The predicted molar refractivity (Wildman–Crippen MR) is 117 cm³/mol. The van der Waals surface area contributed by atoms with Crippen molar-refractivity contribution in [2.45, 2.75) is 0 Å². The van der Waals surface area contributed by atoms with Crippen LogP contribution in [0, 0.1) is 3.57 Å². The summed E-state index contributed by atoms with van der Waals surface area (Å²) in [6.07, 6.45) is 1.42. The molecule has 140 valence electrons. The second-order valence-electron chi connectivity index (χ2n) is 5.43. The number of hydrogen-bond acceptors (Lipinski definition) is 7. The van der Waals surface area contributed by atoms with E-state index in [9.17, 15) is 0 Å². The second-order valence-corrected chi connectivity index (χ2v) is 7.08. The summed E-state index contributed by atoms with van der Waals surface area (Å²) in [6, 6.07) is 11.2. The first-order chi connectivity index (χ1) is 13.0. The lowest BCUT2D eigenvalue weighted by Gasteiger charge is -2.16. The van der Waals surface area contributed by atoms with Crippen LogP contribution in [0.4, 0.5) is 28.7 Å². The van der Waals surface area contributed by atoms with Crippen LogP contribution in [0.25, 0.3) is 0 Å². The minimum absolute atomic E-state index is 0.366. The van der Waals surface area contributed by atoms with E-state index in [2.05, 4.69) is 43.2 Å². The van der Waals surface area contributed by atoms with E-state index in [1.54, 1.807) is 26.4 Å². The zero-order valence-electron chi connectivity index (χ0n) is 14.6. The Morgan fingerprint density at radius 1 is 0.963 bits per heavy atom. The van der Waals surface area contributed by atoms with E-state index in [-0.39, 0.29) is 0 Å². The summed E-state index contributed by atoms with van der Waals surface area (Å²) in [7, 11) is 3.10. The summed E-state index contributed by atoms with van der Waals surface area (Å²) in [5.74, 6) is 1.97. The van der Waals surface area contributed by atoms with E-state index in [0.717, 1.165) is 9.26 Å². The quantitative estimate of drug-likeness (QED) is 0.420. The summed E-state index contributed by atoms with van der Waals surface area (Å²) in [5.41, 5.74) is 8.09. The van der Waals surface area contributed by atoms with Crippen molar-refractivity contribution >= 4 is 62.9 Å². The molecule has 27 heavy (non-hydrogen) atoms. The number of ether oxygens (including phenoxy) is 2. The Morgan fingerprint density at radius 3 is 2.22 bits per heavy atom. The number of aromatic nitrogens is 2. The van der Waals surface area contributed by atoms with Gasteiger partial charge in [0.15, 0.2) is 11.6 Å². The molecule has 1 aromatic heterocycles. The average molecular weight is 498 g/mol. The Labute approximate surface area is 175 Å². The zero-order valence-corrected chi connectivity index (χ0v) is 17.5. The zero-order chi connectivity index (χ0) is 19.4. The van der Waals surface area contributed by atoms with E-state index >= 15 is 0 Å². The topological polar surface area (TPSA) is 94.3 Å². The molecule has 0 aliphatic carbocycles. The molecule has 2 aromatic carbocycles. The maximum atomic E-state index is 6.24. The number of anilines is 5. The highest BCUT2D eigenvalue weighted by molar-refractivity contribution is 14.1. The molecule has 3 rings (SSSR count). The number of nitrogen functional groups attached to an aromatic ring is 1. The standard InChI is InChI=1S/C18H17ClIN5O2/c1-26-14-8-15(27-2)13(7-12(14)19)25-18-16(21)17(22-9-23-18)24-11-5-3-10(20)4-6-11/h3-9H,21H2,1-2H3,(H2,22,23,24,25). The number of halogens is 2. The Hall–Kier alpha value is -2.46. The van der Waals surface area contributed by atoms with Crippen molar-refractivity contribution in [2.24, 2.45) is 0 Å². The molecule has 4 N–H and O–H groups in total. The van der Waals surface area contributed by atoms with Crippen LogP contribution < -0.4 is 25.8 Å². The molecule has 1 heterocycles. The molecule has 0 aliphatic heterocycles. The van der Waals surface area contributed by atoms with Gasteiger partial charge in [0.2, 0.25) is 0 Å². The highest BCUT2D eigenvalue weighted by Gasteiger charge is 2.14. The first kappa shape index (κ1) is 19.3. The fraction of sp³-hybridized carbons (Fsp3) is 0.111. The second kappa shape index (κ2) is 8.49. The van der Waals surface area contributed by atoms with Crippen molar-refractivity contribution < 1.29 is 9.47 Å². The summed E-state index contributed by atoms with van der Waals surface area (Å²) in [6.45, 7) is 0. The number of nitrogens with zero attached hydrogens (tertiary/aromatic N) is 2. The normalized spacial score (nSPS) is 10.4. The van der Waals surface area contributed by atoms with Gasteiger partial charge in [-0.15, -0.1) is 0 Å². The van der Waals surface area contributed by atoms with Crippen LogP contribution in [0.2, 0.25) is 5.02 Å². The van der Waals surface area contributed by atoms with Crippen LogP contribution in [0.3, 0.4) is 0 Å². The number of rotatable bonds is 6. The van der Waals surface area contributed by atoms with E-state index in [0.29, 0.717) is 39.5 Å². The predicted octanol–water partition coefficient (Wildman–Crippen LogP) is 4.82. The van der Waals surface area contributed by atoms with Gasteiger partial charge in [0.05, 0.1) is 24.9 Å². The van der Waals surface area contributed by atoms with Gasteiger partial charge >= 0.3 is 0 Å². The van der Waals surface area contributed by atoms with E-state index in [1.165, 1.54) is 6.33 Å². The van der Waals surface area contributed by atoms with Crippen molar-refractivity contribution in [3.05, 3.63) is 51.3 Å². The maximum Gasteiger partial charge on any atom is 0.159 e. The Kier molecular flexibility index (Phi) is 6.07. The lowest BCUT2D eigenvalue weighted by Crippen LogP contribution is -2.06. The van der Waals surface area contributed by atoms with Crippen LogP contribution in [0.15, 0.2) is 42.7 Å². The van der Waals surface area contributed by atoms with Crippen LogP contribution in [-0.2, 0) is 0 Å². The van der Waals surface area contributed by atoms with Crippen LogP contribution >= 0.6 is 34.2 Å². The molecule has 0 saturated carbocycles. The van der Waals surface area contributed by atoms with E-state index in [1.807, 2.05) is 24.3 Å². The molecule has 0 unspecified atom stereocenters. The SMILES string of the molecule is COc1cc(OC)c(Nc2ncnc(Nc3ccc(I)cc3)c2N)cc1Cl. The number of nitrogens with two attached hydrogens (primary N) is 1. The number of benzene rings is 2. The Balaban J connectivity index is 1.90. The highest BCUT2D eigenvalue weighted by Crippen LogP contribution is 2.38. The van der Waals surface area contributed by atoms with Crippen molar-refractivity contribution in [2.75, 3.05) is 30.6 Å². The molecule has 7 nitrogen and oxygen atoms in total. The van der Waals surface area contributed by atoms with Gasteiger partial charge in [0, 0.05) is 15.3 Å². The molecular formula is C18H17ClIN5O2. The van der Waals surface area contributed by atoms with Crippen molar-refractivity contribution in [3.63, 3.8) is 0 Å². The minimum atomic E-state index is 0.366. The summed E-state index contributed by atoms with van der Waals surface area (Å²) < 4.78 is 11.7. The van der Waals surface area contributed by atoms with Gasteiger partial charge in [-0.05, 0) is 52.9 Å². The summed E-state index contributed by atoms with van der Waals surface area (Å²) >= 11 is 8.46. The third-order valence-corrected chi connectivity index (χ3v) is 4.73. The molecular weight excluding hydrogens is 481 g/mol. The van der Waals surface area contributed by atoms with E-state index < -0.39 is 0 Å². The van der Waals surface area contributed by atoms with Crippen LogP contribution in [0.5, 0.6) is 11.5 Å². The smallest absolute Gasteiger partial charge is 0.159 e. The molecule has 0 aliphatic rings. The lowest BCUT2D eigenvalue weighted by atomic mass is 10.2. The third-order valence-electron chi connectivity index (χ3n) is 3.72. The number of hydrogen-bond donors (Lipinski definition) is 3. The Morgan fingerprint density at radius 2 is 1.59 bits per heavy atom. The van der Waals surface area contributed by atoms with Gasteiger partial charge in [-0.1, -0.05) is 11.6 Å². The molecule has 9 heteroatoms. The molecule has 3 aromatic rings. The molecule has 0 amide bonds. The van der Waals surface area contributed by atoms with Crippen molar-refractivity contribution in [3.8, 4) is 11.5 Å². The molecule has 0 bridgehead atoms. The van der Waals surface area contributed by atoms with Gasteiger partial charge in [0.25, 0.3) is 0 Å². The summed E-state index contributed by atoms with van der Waals surface area (Å²) in [5, 5.41) is 6.76.